The molecule has 0 aromatic carbocycles. The Hall–Kier alpha value is -1.56. The van der Waals surface area contributed by atoms with Crippen LogP contribution >= 0.6 is 0 Å². The van der Waals surface area contributed by atoms with Crippen LogP contribution in [0.3, 0.4) is 0 Å². The van der Waals surface area contributed by atoms with E-state index in [1.54, 1.807) is 0 Å². The number of hydrogen-bond acceptors (Lipinski definition) is 4. The number of nitrogens with one attached hydrogen (secondary N) is 1. The first-order valence-corrected chi connectivity index (χ1v) is 12.1. The zero-order chi connectivity index (χ0) is 21.6. The number of rotatable bonds is 7. The highest BCUT2D eigenvalue weighted by molar-refractivity contribution is 5.80. The molecule has 30 heavy (non-hydrogen) atoms. The summed E-state index contributed by atoms with van der Waals surface area (Å²) in [6, 6.07) is 0. The molecule has 2 saturated heterocycles. The lowest BCUT2D eigenvalue weighted by atomic mass is 9.78. The molecule has 1 aromatic heterocycles. The average molecular weight is 418 g/mol. The highest BCUT2D eigenvalue weighted by atomic mass is 16.4. The van der Waals surface area contributed by atoms with Gasteiger partial charge in [-0.15, -0.1) is 0 Å². The summed E-state index contributed by atoms with van der Waals surface area (Å²) >= 11 is 0. The quantitative estimate of drug-likeness (QED) is 0.527. The van der Waals surface area contributed by atoms with Crippen LogP contribution in [0.5, 0.6) is 0 Å². The molecular formula is C24H43N5O. The Bertz CT molecular complexity index is 668. The van der Waals surface area contributed by atoms with Crippen LogP contribution in [-0.2, 0) is 6.54 Å². The largest absolute Gasteiger partial charge is 0.444 e. The number of oxazole rings is 1. The van der Waals surface area contributed by atoms with Gasteiger partial charge in [0.25, 0.3) is 0 Å². The second-order valence-electron chi connectivity index (χ2n) is 9.75. The normalized spacial score (nSPS) is 24.4. The van der Waals surface area contributed by atoms with Crippen molar-refractivity contribution in [3.63, 3.8) is 0 Å². The van der Waals surface area contributed by atoms with Gasteiger partial charge in [0.05, 0.1) is 12.2 Å². The third kappa shape index (κ3) is 6.22. The van der Waals surface area contributed by atoms with Crippen molar-refractivity contribution in [2.45, 2.75) is 79.7 Å². The van der Waals surface area contributed by atoms with Crippen molar-refractivity contribution in [1.29, 1.82) is 0 Å². The molecule has 0 spiro atoms. The summed E-state index contributed by atoms with van der Waals surface area (Å²) in [5, 5.41) is 3.57. The van der Waals surface area contributed by atoms with E-state index in [2.05, 4.69) is 40.9 Å². The third-order valence-corrected chi connectivity index (χ3v) is 6.91. The van der Waals surface area contributed by atoms with E-state index >= 15 is 0 Å². The van der Waals surface area contributed by atoms with E-state index in [1.807, 2.05) is 13.8 Å². The molecule has 170 valence electrons. The van der Waals surface area contributed by atoms with Crippen LogP contribution in [-0.4, -0.2) is 60.0 Å². The van der Waals surface area contributed by atoms with Crippen molar-refractivity contribution in [2.24, 2.45) is 16.3 Å². The minimum absolute atomic E-state index is 0.436. The molecule has 1 N–H and O–H groups in total. The van der Waals surface area contributed by atoms with Crippen LogP contribution in [0.25, 0.3) is 0 Å². The minimum atomic E-state index is 0.436. The predicted molar refractivity (Wildman–Crippen MR) is 124 cm³/mol. The van der Waals surface area contributed by atoms with Crippen molar-refractivity contribution >= 4 is 5.96 Å². The molecule has 2 aliphatic heterocycles. The Morgan fingerprint density at radius 2 is 2.00 bits per heavy atom. The maximum Gasteiger partial charge on any atom is 0.208 e. The number of aryl methyl sites for hydroxylation is 2. The van der Waals surface area contributed by atoms with Gasteiger partial charge in [-0.3, -0.25) is 9.89 Å². The van der Waals surface area contributed by atoms with Gasteiger partial charge in [0.2, 0.25) is 5.89 Å². The number of likely N-dealkylation sites (tertiary alicyclic amines) is 2. The fourth-order valence-electron chi connectivity index (χ4n) is 5.07. The summed E-state index contributed by atoms with van der Waals surface area (Å²) in [6.07, 6.45) is 7.61. The van der Waals surface area contributed by atoms with Crippen LogP contribution in [0.15, 0.2) is 9.41 Å². The number of piperidine rings is 2. The number of hydrogen-bond donors (Lipinski definition) is 1. The molecule has 1 unspecified atom stereocenters. The Kier molecular flexibility index (Phi) is 8.20. The van der Waals surface area contributed by atoms with Gasteiger partial charge < -0.3 is 14.6 Å². The maximum absolute atomic E-state index is 5.76. The van der Waals surface area contributed by atoms with Crippen LogP contribution in [0.2, 0.25) is 0 Å². The molecule has 3 heterocycles. The molecule has 0 amide bonds. The first kappa shape index (κ1) is 23.1. The fourth-order valence-corrected chi connectivity index (χ4v) is 5.07. The monoisotopic (exact) mass is 417 g/mol. The van der Waals surface area contributed by atoms with Gasteiger partial charge in [0, 0.05) is 26.2 Å². The second-order valence-corrected chi connectivity index (χ2v) is 9.75. The van der Waals surface area contributed by atoms with E-state index in [-0.39, 0.29) is 0 Å². The Balaban J connectivity index is 1.50. The third-order valence-electron chi connectivity index (χ3n) is 6.91. The Morgan fingerprint density at radius 3 is 2.63 bits per heavy atom. The molecule has 2 aliphatic rings. The summed E-state index contributed by atoms with van der Waals surface area (Å²) in [5.41, 5.74) is 1.45. The number of nitrogens with zero attached hydrogens (tertiary/aromatic N) is 4. The van der Waals surface area contributed by atoms with Crippen molar-refractivity contribution < 1.29 is 4.42 Å². The lowest BCUT2D eigenvalue weighted by molar-refractivity contribution is 0.141. The standard InChI is InChI=1S/C24H43N5O/c1-6-11-24(5)12-8-13-29(18-24)23(25-7-2)26-16-21-9-14-28(15-10-21)17-22-27-19(3)20(4)30-22/h21H,6-18H2,1-5H3,(H,25,26). The van der Waals surface area contributed by atoms with Gasteiger partial charge in [-0.1, -0.05) is 20.3 Å². The molecule has 1 aromatic rings. The van der Waals surface area contributed by atoms with Gasteiger partial charge in [-0.25, -0.2) is 4.98 Å². The number of aliphatic imine (C=N–C) groups is 1. The molecule has 6 nitrogen and oxygen atoms in total. The van der Waals surface area contributed by atoms with Gasteiger partial charge in [-0.2, -0.15) is 0 Å². The van der Waals surface area contributed by atoms with Crippen molar-refractivity contribution in [1.82, 2.24) is 20.1 Å². The van der Waals surface area contributed by atoms with Crippen LogP contribution < -0.4 is 5.32 Å². The molecule has 3 rings (SSSR count). The second kappa shape index (κ2) is 10.7. The summed E-state index contributed by atoms with van der Waals surface area (Å²) in [6.45, 7) is 18.1. The van der Waals surface area contributed by atoms with Crippen LogP contribution in [0.1, 0.15) is 76.6 Å². The fraction of sp³-hybridized carbons (Fsp3) is 0.833. The SMILES string of the molecule is CCCC1(C)CCCN(C(=NCC2CCN(Cc3nc(C)c(C)o3)CC2)NCC)C1. The Labute approximate surface area is 183 Å². The van der Waals surface area contributed by atoms with Gasteiger partial charge in [0.15, 0.2) is 5.96 Å². The van der Waals surface area contributed by atoms with Crippen LogP contribution in [0.4, 0.5) is 0 Å². The van der Waals surface area contributed by atoms with E-state index < -0.39 is 0 Å². The summed E-state index contributed by atoms with van der Waals surface area (Å²) < 4.78 is 5.76. The molecule has 1 atom stereocenters. The minimum Gasteiger partial charge on any atom is -0.444 e. The van der Waals surface area contributed by atoms with Crippen molar-refractivity contribution in [3.8, 4) is 0 Å². The first-order valence-electron chi connectivity index (χ1n) is 12.1. The molecule has 6 heteroatoms. The van der Waals surface area contributed by atoms with E-state index in [0.29, 0.717) is 11.3 Å². The number of guanidine groups is 1. The Morgan fingerprint density at radius 1 is 1.23 bits per heavy atom. The van der Waals surface area contributed by atoms with Gasteiger partial charge in [-0.05, 0) is 77.3 Å². The summed E-state index contributed by atoms with van der Waals surface area (Å²) in [5.74, 6) is 3.61. The van der Waals surface area contributed by atoms with Crippen molar-refractivity contribution in [2.75, 3.05) is 39.3 Å². The smallest absolute Gasteiger partial charge is 0.208 e. The van der Waals surface area contributed by atoms with Gasteiger partial charge >= 0.3 is 0 Å². The lowest BCUT2D eigenvalue weighted by Crippen LogP contribution is -2.50. The highest BCUT2D eigenvalue weighted by Crippen LogP contribution is 2.34. The maximum atomic E-state index is 5.76. The van der Waals surface area contributed by atoms with Crippen molar-refractivity contribution in [3.05, 3.63) is 17.3 Å². The summed E-state index contributed by atoms with van der Waals surface area (Å²) in [4.78, 5) is 14.6. The molecular weight excluding hydrogens is 374 g/mol. The van der Waals surface area contributed by atoms with Gasteiger partial charge in [0.1, 0.15) is 5.76 Å². The molecule has 0 bridgehead atoms. The summed E-state index contributed by atoms with van der Waals surface area (Å²) in [7, 11) is 0. The van der Waals surface area contributed by atoms with E-state index in [0.717, 1.165) is 69.1 Å². The molecule has 0 aliphatic carbocycles. The zero-order valence-corrected chi connectivity index (χ0v) is 20.0. The molecule has 0 radical (unpaired) electrons. The molecule has 0 saturated carbocycles. The van der Waals surface area contributed by atoms with E-state index in [4.69, 9.17) is 9.41 Å². The zero-order valence-electron chi connectivity index (χ0n) is 20.0. The highest BCUT2D eigenvalue weighted by Gasteiger charge is 2.31. The topological polar surface area (TPSA) is 56.9 Å². The lowest BCUT2D eigenvalue weighted by Gasteiger charge is -2.42. The molecule has 2 fully saturated rings. The number of aromatic nitrogens is 1. The average Bonchev–Trinajstić information content (AvgIpc) is 3.03. The first-order chi connectivity index (χ1) is 14.4. The van der Waals surface area contributed by atoms with Crippen LogP contribution in [0, 0.1) is 25.2 Å². The van der Waals surface area contributed by atoms with E-state index in [1.165, 1.54) is 38.5 Å². The van der Waals surface area contributed by atoms with E-state index in [9.17, 15) is 0 Å². The predicted octanol–water partition coefficient (Wildman–Crippen LogP) is 4.37.